The summed E-state index contributed by atoms with van der Waals surface area (Å²) in [6.45, 7) is 4.67. The predicted molar refractivity (Wildman–Crippen MR) is 79.5 cm³/mol. The lowest BCUT2D eigenvalue weighted by atomic mass is 10.2. The number of para-hydroxylation sites is 1. The fourth-order valence-electron chi connectivity index (χ4n) is 2.26. The van der Waals surface area contributed by atoms with Gasteiger partial charge in [0.25, 0.3) is 0 Å². The second-order valence-electron chi connectivity index (χ2n) is 5.29. The fraction of sp³-hybridized carbons (Fsp3) is 0.438. The van der Waals surface area contributed by atoms with E-state index in [1.807, 2.05) is 6.07 Å². The lowest BCUT2D eigenvalue weighted by Gasteiger charge is -2.21. The van der Waals surface area contributed by atoms with Crippen LogP contribution in [0.3, 0.4) is 0 Å². The first-order chi connectivity index (χ1) is 9.85. The topological polar surface area (TPSA) is 41.3 Å². The predicted octanol–water partition coefficient (Wildman–Crippen LogP) is 2.95. The third-order valence-electron chi connectivity index (χ3n) is 3.61. The highest BCUT2D eigenvalue weighted by atomic mass is 16.5. The van der Waals surface area contributed by atoms with Gasteiger partial charge in [-0.25, -0.2) is 0 Å². The van der Waals surface area contributed by atoms with Crippen LogP contribution in [0.4, 0.5) is 5.69 Å². The summed E-state index contributed by atoms with van der Waals surface area (Å²) in [5.41, 5.74) is 2.21. The van der Waals surface area contributed by atoms with E-state index >= 15 is 0 Å². The molecule has 1 aliphatic rings. The van der Waals surface area contributed by atoms with Crippen LogP contribution in [0.15, 0.2) is 40.9 Å². The van der Waals surface area contributed by atoms with Gasteiger partial charge in [-0.1, -0.05) is 23.4 Å². The van der Waals surface area contributed by atoms with Crippen LogP contribution in [0.5, 0.6) is 0 Å². The van der Waals surface area contributed by atoms with Gasteiger partial charge in [-0.05, 0) is 31.9 Å². The van der Waals surface area contributed by atoms with Crippen LogP contribution in [0.2, 0.25) is 0 Å². The van der Waals surface area contributed by atoms with Gasteiger partial charge in [0.15, 0.2) is 5.76 Å². The summed E-state index contributed by atoms with van der Waals surface area (Å²) in [6, 6.07) is 13.2. The lowest BCUT2D eigenvalue weighted by molar-refractivity contribution is 0.373. The summed E-state index contributed by atoms with van der Waals surface area (Å²) in [6.07, 6.45) is 2.59. The van der Waals surface area contributed by atoms with Crippen molar-refractivity contribution >= 4 is 5.69 Å². The smallest absolute Gasteiger partial charge is 0.156 e. The quantitative estimate of drug-likeness (QED) is 0.840. The van der Waals surface area contributed by atoms with Gasteiger partial charge in [0.05, 0.1) is 12.2 Å². The minimum absolute atomic E-state index is 0.701. The molecule has 1 N–H and O–H groups in total. The van der Waals surface area contributed by atoms with Crippen LogP contribution in [-0.4, -0.2) is 17.7 Å². The van der Waals surface area contributed by atoms with Gasteiger partial charge in [0.1, 0.15) is 0 Å². The first-order valence-corrected chi connectivity index (χ1v) is 7.33. The molecule has 4 nitrogen and oxygen atoms in total. The normalized spacial score (nSPS) is 14.4. The Morgan fingerprint density at radius 3 is 2.80 bits per heavy atom. The van der Waals surface area contributed by atoms with E-state index in [0.717, 1.165) is 31.1 Å². The zero-order valence-electron chi connectivity index (χ0n) is 11.9. The van der Waals surface area contributed by atoms with Crippen molar-refractivity contribution in [3.05, 3.63) is 47.9 Å². The fourth-order valence-corrected chi connectivity index (χ4v) is 2.26. The molecule has 0 amide bonds. The molecule has 0 aliphatic heterocycles. The van der Waals surface area contributed by atoms with Gasteiger partial charge in [0, 0.05) is 30.9 Å². The molecule has 4 heteroatoms. The van der Waals surface area contributed by atoms with E-state index in [4.69, 9.17) is 4.52 Å². The molecule has 1 aliphatic carbocycles. The monoisotopic (exact) mass is 271 g/mol. The van der Waals surface area contributed by atoms with Crippen molar-refractivity contribution in [2.45, 2.75) is 38.9 Å². The van der Waals surface area contributed by atoms with Crippen molar-refractivity contribution in [2.24, 2.45) is 0 Å². The molecule has 106 valence electrons. The lowest BCUT2D eigenvalue weighted by Crippen LogP contribution is -2.21. The van der Waals surface area contributed by atoms with Crippen LogP contribution in [0, 0.1) is 0 Å². The van der Waals surface area contributed by atoms with Crippen LogP contribution in [-0.2, 0) is 13.1 Å². The Bertz CT molecular complexity index is 534. The molecule has 0 saturated heterocycles. The van der Waals surface area contributed by atoms with E-state index in [2.05, 4.69) is 52.6 Å². The van der Waals surface area contributed by atoms with Crippen LogP contribution < -0.4 is 10.2 Å². The van der Waals surface area contributed by atoms with Crippen molar-refractivity contribution in [3.8, 4) is 0 Å². The summed E-state index contributed by atoms with van der Waals surface area (Å²) in [5, 5.41) is 7.58. The highest BCUT2D eigenvalue weighted by molar-refractivity contribution is 5.45. The van der Waals surface area contributed by atoms with Gasteiger partial charge in [0.2, 0.25) is 0 Å². The Kier molecular flexibility index (Phi) is 4.02. The van der Waals surface area contributed by atoms with Crippen molar-refractivity contribution in [1.82, 2.24) is 10.5 Å². The molecular formula is C16H21N3O. The van der Waals surface area contributed by atoms with Gasteiger partial charge in [-0.15, -0.1) is 0 Å². The van der Waals surface area contributed by atoms with Crippen molar-refractivity contribution < 1.29 is 4.52 Å². The summed E-state index contributed by atoms with van der Waals surface area (Å²) < 4.78 is 5.44. The molecule has 1 aromatic heterocycles. The number of aromatic nitrogens is 1. The van der Waals surface area contributed by atoms with E-state index in [9.17, 15) is 0 Å². The molecule has 1 fully saturated rings. The second-order valence-corrected chi connectivity index (χ2v) is 5.29. The zero-order valence-corrected chi connectivity index (χ0v) is 11.9. The van der Waals surface area contributed by atoms with Gasteiger partial charge >= 0.3 is 0 Å². The van der Waals surface area contributed by atoms with E-state index in [-0.39, 0.29) is 0 Å². The Morgan fingerprint density at radius 2 is 2.10 bits per heavy atom. The number of nitrogens with one attached hydrogen (secondary N) is 1. The molecule has 2 aromatic rings. The highest BCUT2D eigenvalue weighted by Crippen LogP contribution is 2.20. The maximum absolute atomic E-state index is 5.44. The second kappa shape index (κ2) is 6.09. The van der Waals surface area contributed by atoms with Crippen molar-refractivity contribution in [1.29, 1.82) is 0 Å². The largest absolute Gasteiger partial charge is 0.364 e. The molecule has 0 atom stereocenters. The number of benzene rings is 1. The molecule has 0 spiro atoms. The molecular weight excluding hydrogens is 250 g/mol. The van der Waals surface area contributed by atoms with Crippen molar-refractivity contribution in [2.75, 3.05) is 11.4 Å². The maximum Gasteiger partial charge on any atom is 0.156 e. The number of rotatable bonds is 7. The third kappa shape index (κ3) is 3.39. The Balaban J connectivity index is 1.60. The first kappa shape index (κ1) is 13.2. The number of nitrogens with zero attached hydrogens (tertiary/aromatic N) is 2. The van der Waals surface area contributed by atoms with E-state index < -0.39 is 0 Å². The van der Waals surface area contributed by atoms with Crippen LogP contribution in [0.25, 0.3) is 0 Å². The minimum atomic E-state index is 0.701. The molecule has 20 heavy (non-hydrogen) atoms. The molecule has 3 rings (SSSR count). The number of anilines is 1. The zero-order chi connectivity index (χ0) is 13.8. The maximum atomic E-state index is 5.44. The molecule has 1 saturated carbocycles. The number of hydrogen-bond acceptors (Lipinski definition) is 4. The Hall–Kier alpha value is -1.81. The van der Waals surface area contributed by atoms with Gasteiger partial charge in [-0.2, -0.15) is 0 Å². The summed E-state index contributed by atoms with van der Waals surface area (Å²) in [4.78, 5) is 2.28. The van der Waals surface area contributed by atoms with Gasteiger partial charge in [-0.3, -0.25) is 0 Å². The SMILES string of the molecule is CCN(Cc1cc(CNC2CC2)no1)c1ccccc1. The van der Waals surface area contributed by atoms with E-state index in [1.165, 1.54) is 18.5 Å². The highest BCUT2D eigenvalue weighted by Gasteiger charge is 2.20. The molecule has 0 unspecified atom stereocenters. The third-order valence-corrected chi connectivity index (χ3v) is 3.61. The van der Waals surface area contributed by atoms with Crippen LogP contribution in [0.1, 0.15) is 31.2 Å². The minimum Gasteiger partial charge on any atom is -0.364 e. The average molecular weight is 271 g/mol. The summed E-state index contributed by atoms with van der Waals surface area (Å²) in [5.74, 6) is 0.920. The van der Waals surface area contributed by atoms with Gasteiger partial charge < -0.3 is 14.7 Å². The molecule has 1 heterocycles. The molecule has 0 bridgehead atoms. The first-order valence-electron chi connectivity index (χ1n) is 7.33. The molecule has 1 aromatic carbocycles. The molecule has 0 radical (unpaired) electrons. The number of hydrogen-bond donors (Lipinski definition) is 1. The Morgan fingerprint density at radius 1 is 1.30 bits per heavy atom. The summed E-state index contributed by atoms with van der Waals surface area (Å²) in [7, 11) is 0. The van der Waals surface area contributed by atoms with Crippen molar-refractivity contribution in [3.63, 3.8) is 0 Å². The average Bonchev–Trinajstić information content (AvgIpc) is 3.22. The standard InChI is InChI=1S/C16H21N3O/c1-2-19(15-6-4-3-5-7-15)12-16-10-14(18-20-16)11-17-13-8-9-13/h3-7,10,13,17H,2,8-9,11-12H2,1H3. The van der Waals surface area contributed by atoms with E-state index in [0.29, 0.717) is 6.04 Å². The summed E-state index contributed by atoms with van der Waals surface area (Å²) >= 11 is 0. The Labute approximate surface area is 119 Å². The van der Waals surface area contributed by atoms with Crippen LogP contribution >= 0.6 is 0 Å². The van der Waals surface area contributed by atoms with E-state index in [1.54, 1.807) is 0 Å².